The Morgan fingerprint density at radius 1 is 1.19 bits per heavy atom. The smallest absolute Gasteiger partial charge is 0.254 e. The molecule has 166 valence electrons. The molecule has 6 nitrogen and oxygen atoms in total. The number of imidazole rings is 1. The van der Waals surface area contributed by atoms with Gasteiger partial charge in [-0.1, -0.05) is 37.5 Å². The quantitative estimate of drug-likeness (QED) is 0.354. The molecule has 1 amide bonds. The Kier molecular flexibility index (Phi) is 7.77. The van der Waals surface area contributed by atoms with Gasteiger partial charge in [-0.3, -0.25) is 9.59 Å². The summed E-state index contributed by atoms with van der Waals surface area (Å²) in [6.45, 7) is 4.54. The van der Waals surface area contributed by atoms with Crippen LogP contribution >= 0.6 is 0 Å². The third kappa shape index (κ3) is 5.05. The third-order valence-corrected chi connectivity index (χ3v) is 6.03. The minimum atomic E-state index is -0.178. The first-order valence-electron chi connectivity index (χ1n) is 11.2. The third-order valence-electron chi connectivity index (χ3n) is 6.03. The van der Waals surface area contributed by atoms with Crippen molar-refractivity contribution in [2.45, 2.75) is 52.0 Å². The van der Waals surface area contributed by atoms with Crippen LogP contribution < -0.4 is 0 Å². The van der Waals surface area contributed by atoms with E-state index >= 15 is 0 Å². The van der Waals surface area contributed by atoms with Gasteiger partial charge in [-0.25, -0.2) is 4.98 Å². The van der Waals surface area contributed by atoms with Gasteiger partial charge >= 0.3 is 0 Å². The molecule has 1 aliphatic rings. The van der Waals surface area contributed by atoms with Crippen LogP contribution in [-0.4, -0.2) is 38.7 Å². The highest BCUT2D eigenvalue weighted by molar-refractivity contribution is 6.08. The Hall–Kier alpha value is -3.46. The summed E-state index contributed by atoms with van der Waals surface area (Å²) in [4.78, 5) is 32.3. The summed E-state index contributed by atoms with van der Waals surface area (Å²) in [7, 11) is 1.75. The predicted molar refractivity (Wildman–Crippen MR) is 125 cm³/mol. The van der Waals surface area contributed by atoms with Gasteiger partial charge in [-0.15, -0.1) is 0 Å². The molecular weight excluding hydrogens is 400 g/mol. The maximum atomic E-state index is 13.1. The lowest BCUT2D eigenvalue weighted by Gasteiger charge is -2.33. The van der Waals surface area contributed by atoms with Gasteiger partial charge in [0.2, 0.25) is 5.78 Å². The second-order valence-corrected chi connectivity index (χ2v) is 8.06. The fourth-order valence-corrected chi connectivity index (χ4v) is 4.24. The van der Waals surface area contributed by atoms with E-state index in [4.69, 9.17) is 0 Å². The second kappa shape index (κ2) is 10.7. The molecule has 1 heterocycles. The van der Waals surface area contributed by atoms with Crippen LogP contribution in [0.5, 0.6) is 0 Å². The SMILES string of the molecule is C/C=C\C(C#N)=C/c1ncc(C(=O)c2ccc(C(=O)N(CC)C3CCCCC3)cc2)n1C. The summed E-state index contributed by atoms with van der Waals surface area (Å²) in [6.07, 6.45) is 12.4. The van der Waals surface area contributed by atoms with Crippen LogP contribution in [0.3, 0.4) is 0 Å². The number of hydrogen-bond donors (Lipinski definition) is 0. The fraction of sp³-hybridized carbons (Fsp3) is 0.385. The molecule has 1 aliphatic carbocycles. The average Bonchev–Trinajstić information content (AvgIpc) is 3.19. The highest BCUT2D eigenvalue weighted by Gasteiger charge is 2.25. The molecule has 1 saturated carbocycles. The molecular formula is C26H30N4O2. The van der Waals surface area contributed by atoms with Crippen molar-refractivity contribution in [2.75, 3.05) is 6.54 Å². The van der Waals surface area contributed by atoms with E-state index in [0.29, 0.717) is 40.8 Å². The van der Waals surface area contributed by atoms with E-state index < -0.39 is 0 Å². The monoisotopic (exact) mass is 430 g/mol. The zero-order valence-corrected chi connectivity index (χ0v) is 19.0. The largest absolute Gasteiger partial charge is 0.336 e. The molecule has 0 saturated heterocycles. The fourth-order valence-electron chi connectivity index (χ4n) is 4.24. The van der Waals surface area contributed by atoms with Crippen LogP contribution in [0.1, 0.15) is 78.2 Å². The molecule has 0 aliphatic heterocycles. The van der Waals surface area contributed by atoms with Gasteiger partial charge in [0.25, 0.3) is 5.91 Å². The topological polar surface area (TPSA) is 79.0 Å². The van der Waals surface area contributed by atoms with Gasteiger partial charge in [-0.2, -0.15) is 5.26 Å². The van der Waals surface area contributed by atoms with Gasteiger partial charge in [-0.05, 0) is 51.0 Å². The molecule has 0 radical (unpaired) electrons. The number of nitrogens with zero attached hydrogens (tertiary/aromatic N) is 4. The van der Waals surface area contributed by atoms with E-state index in [-0.39, 0.29) is 11.7 Å². The first-order valence-corrected chi connectivity index (χ1v) is 11.2. The number of benzene rings is 1. The summed E-state index contributed by atoms with van der Waals surface area (Å²) < 4.78 is 1.67. The van der Waals surface area contributed by atoms with Gasteiger partial charge < -0.3 is 9.47 Å². The normalized spacial score (nSPS) is 15.0. The van der Waals surface area contributed by atoms with Crippen molar-refractivity contribution in [3.05, 3.63) is 70.8 Å². The van der Waals surface area contributed by atoms with Gasteiger partial charge in [0, 0.05) is 30.8 Å². The molecule has 0 atom stereocenters. The van der Waals surface area contributed by atoms with Crippen LogP contribution in [0.15, 0.2) is 48.2 Å². The molecule has 0 spiro atoms. The Bertz CT molecular complexity index is 1060. The first-order chi connectivity index (χ1) is 15.5. The first kappa shape index (κ1) is 23.2. The molecule has 6 heteroatoms. The lowest BCUT2D eigenvalue weighted by molar-refractivity contribution is 0.0647. The standard InChI is InChI=1S/C26H30N4O2/c1-4-9-19(17-27)16-24-28-18-23(29(24)3)25(31)20-12-14-21(15-13-20)26(32)30(5-2)22-10-7-6-8-11-22/h4,9,12-16,18,22H,5-8,10-11H2,1-3H3/b9-4-,19-16+. The number of ketones is 1. The van der Waals surface area contributed by atoms with E-state index in [2.05, 4.69) is 11.1 Å². The average molecular weight is 431 g/mol. The second-order valence-electron chi connectivity index (χ2n) is 8.06. The Morgan fingerprint density at radius 3 is 2.44 bits per heavy atom. The number of carbonyl (C=O) groups excluding carboxylic acids is 2. The zero-order chi connectivity index (χ0) is 23.1. The van der Waals surface area contributed by atoms with Crippen molar-refractivity contribution in [1.29, 1.82) is 5.26 Å². The highest BCUT2D eigenvalue weighted by Crippen LogP contribution is 2.24. The van der Waals surface area contributed by atoms with Crippen LogP contribution in [0.4, 0.5) is 0 Å². The van der Waals surface area contributed by atoms with Crippen molar-refractivity contribution in [2.24, 2.45) is 7.05 Å². The zero-order valence-electron chi connectivity index (χ0n) is 19.0. The Labute approximate surface area is 189 Å². The molecule has 0 bridgehead atoms. The van der Waals surface area contributed by atoms with Crippen LogP contribution in [0, 0.1) is 11.3 Å². The van der Waals surface area contributed by atoms with Gasteiger partial charge in [0.05, 0.1) is 17.8 Å². The van der Waals surface area contributed by atoms with Crippen molar-refractivity contribution < 1.29 is 9.59 Å². The van der Waals surface area contributed by atoms with Crippen molar-refractivity contribution in [3.63, 3.8) is 0 Å². The van der Waals surface area contributed by atoms with Crippen LogP contribution in [0.25, 0.3) is 6.08 Å². The molecule has 1 aromatic heterocycles. The van der Waals surface area contributed by atoms with Crippen LogP contribution in [0.2, 0.25) is 0 Å². The predicted octanol–water partition coefficient (Wildman–Crippen LogP) is 4.93. The number of amides is 1. The molecule has 2 aromatic rings. The summed E-state index contributed by atoms with van der Waals surface area (Å²) in [5.41, 5.74) is 1.98. The van der Waals surface area contributed by atoms with Crippen molar-refractivity contribution >= 4 is 17.8 Å². The van der Waals surface area contributed by atoms with E-state index in [9.17, 15) is 14.9 Å². The number of aromatic nitrogens is 2. The lowest BCUT2D eigenvalue weighted by Crippen LogP contribution is -2.41. The number of rotatable bonds is 7. The number of allylic oxidation sites excluding steroid dienone is 3. The van der Waals surface area contributed by atoms with Gasteiger partial charge in [0.15, 0.2) is 0 Å². The maximum Gasteiger partial charge on any atom is 0.254 e. The van der Waals surface area contributed by atoms with E-state index in [1.54, 1.807) is 54.1 Å². The summed E-state index contributed by atoms with van der Waals surface area (Å²) in [5.74, 6) is 0.378. The summed E-state index contributed by atoms with van der Waals surface area (Å²) in [5, 5.41) is 9.21. The minimum absolute atomic E-state index is 0.0272. The Balaban J connectivity index is 1.78. The van der Waals surface area contributed by atoms with E-state index in [1.807, 2.05) is 18.7 Å². The van der Waals surface area contributed by atoms with Gasteiger partial charge in [0.1, 0.15) is 11.5 Å². The molecule has 0 N–H and O–H groups in total. The highest BCUT2D eigenvalue weighted by atomic mass is 16.2. The van der Waals surface area contributed by atoms with E-state index in [0.717, 1.165) is 12.8 Å². The molecule has 1 fully saturated rings. The molecule has 0 unspecified atom stereocenters. The lowest BCUT2D eigenvalue weighted by atomic mass is 9.93. The van der Waals surface area contributed by atoms with Crippen molar-refractivity contribution in [3.8, 4) is 6.07 Å². The van der Waals surface area contributed by atoms with Crippen LogP contribution in [-0.2, 0) is 7.05 Å². The number of nitriles is 1. The number of hydrogen-bond acceptors (Lipinski definition) is 4. The Morgan fingerprint density at radius 2 is 1.84 bits per heavy atom. The van der Waals surface area contributed by atoms with Crippen molar-refractivity contribution in [1.82, 2.24) is 14.5 Å². The summed E-state index contributed by atoms with van der Waals surface area (Å²) in [6, 6.07) is 9.28. The minimum Gasteiger partial charge on any atom is -0.336 e. The molecule has 1 aromatic carbocycles. The maximum absolute atomic E-state index is 13.1. The molecule has 32 heavy (non-hydrogen) atoms. The summed E-state index contributed by atoms with van der Waals surface area (Å²) >= 11 is 0. The molecule has 3 rings (SSSR count). The number of carbonyl (C=O) groups is 2. The van der Waals surface area contributed by atoms with E-state index in [1.165, 1.54) is 25.5 Å².